The van der Waals surface area contributed by atoms with Crippen molar-refractivity contribution in [2.24, 2.45) is 0 Å². The minimum Gasteiger partial charge on any atom is -0.497 e. The third-order valence-electron chi connectivity index (χ3n) is 5.19. The third-order valence-corrected chi connectivity index (χ3v) is 5.19. The Morgan fingerprint density at radius 3 is 2.35 bits per heavy atom. The van der Waals surface area contributed by atoms with E-state index in [2.05, 4.69) is 0 Å². The standard InChI is InChI=1S/C23H24N2O6/c1-31-18-9-7-16(8-10-18)13-14-24(20(26)11-12-22(28)29)19-15-21(27)25(23(19)30)17-5-3-2-4-6-17/h2-10,19H,11-15H2,1H3,(H,28,29)/t19-/m1/s1. The summed E-state index contributed by atoms with van der Waals surface area (Å²) in [7, 11) is 1.57. The first-order chi connectivity index (χ1) is 14.9. The number of carboxylic acids is 1. The Balaban J connectivity index is 1.79. The molecule has 1 heterocycles. The predicted molar refractivity (Wildman–Crippen MR) is 113 cm³/mol. The van der Waals surface area contributed by atoms with Gasteiger partial charge in [-0.3, -0.25) is 19.2 Å². The monoisotopic (exact) mass is 424 g/mol. The van der Waals surface area contributed by atoms with E-state index < -0.39 is 23.8 Å². The Kier molecular flexibility index (Phi) is 7.02. The maximum atomic E-state index is 13.1. The average Bonchev–Trinajstić information content (AvgIpc) is 3.07. The number of benzene rings is 2. The van der Waals surface area contributed by atoms with Crippen LogP contribution in [0.5, 0.6) is 5.75 Å². The zero-order chi connectivity index (χ0) is 22.4. The van der Waals surface area contributed by atoms with Gasteiger partial charge in [-0.1, -0.05) is 30.3 Å². The van der Waals surface area contributed by atoms with Crippen molar-refractivity contribution in [3.8, 4) is 5.75 Å². The van der Waals surface area contributed by atoms with Gasteiger partial charge >= 0.3 is 5.97 Å². The molecule has 1 atom stereocenters. The topological polar surface area (TPSA) is 104 Å². The maximum absolute atomic E-state index is 13.1. The Labute approximate surface area is 180 Å². The number of rotatable bonds is 9. The summed E-state index contributed by atoms with van der Waals surface area (Å²) in [5.41, 5.74) is 1.38. The molecule has 1 aliphatic heterocycles. The van der Waals surface area contributed by atoms with E-state index in [0.29, 0.717) is 17.9 Å². The predicted octanol–water partition coefficient (Wildman–Crippen LogP) is 2.26. The second-order valence-electron chi connectivity index (χ2n) is 7.20. The fraction of sp³-hybridized carbons (Fsp3) is 0.304. The van der Waals surface area contributed by atoms with Gasteiger partial charge in [-0.15, -0.1) is 0 Å². The number of carboxylic acid groups (broad SMARTS) is 1. The highest BCUT2D eigenvalue weighted by molar-refractivity contribution is 6.23. The molecule has 2 aromatic carbocycles. The van der Waals surface area contributed by atoms with E-state index >= 15 is 0 Å². The number of carbonyl (C=O) groups excluding carboxylic acids is 3. The molecule has 1 aliphatic rings. The molecule has 162 valence electrons. The highest BCUT2D eigenvalue weighted by Crippen LogP contribution is 2.26. The summed E-state index contributed by atoms with van der Waals surface area (Å²) < 4.78 is 5.14. The van der Waals surface area contributed by atoms with Crippen LogP contribution >= 0.6 is 0 Å². The van der Waals surface area contributed by atoms with Crippen LogP contribution in [0, 0.1) is 0 Å². The molecule has 0 unspecified atom stereocenters. The van der Waals surface area contributed by atoms with Gasteiger partial charge in [0, 0.05) is 13.0 Å². The number of anilines is 1. The van der Waals surface area contributed by atoms with E-state index in [1.807, 2.05) is 12.1 Å². The van der Waals surface area contributed by atoms with Crippen molar-refractivity contribution < 1.29 is 29.0 Å². The third kappa shape index (κ3) is 5.28. The van der Waals surface area contributed by atoms with Crippen molar-refractivity contribution in [1.82, 2.24) is 4.90 Å². The molecule has 0 spiro atoms. The second kappa shape index (κ2) is 9.88. The van der Waals surface area contributed by atoms with Crippen molar-refractivity contribution in [2.75, 3.05) is 18.6 Å². The minimum absolute atomic E-state index is 0.130. The van der Waals surface area contributed by atoms with Crippen LogP contribution in [0.2, 0.25) is 0 Å². The summed E-state index contributed by atoms with van der Waals surface area (Å²) in [4.78, 5) is 51.8. The van der Waals surface area contributed by atoms with E-state index in [1.165, 1.54) is 4.90 Å². The van der Waals surface area contributed by atoms with E-state index in [9.17, 15) is 19.2 Å². The van der Waals surface area contributed by atoms with Crippen LogP contribution in [0.25, 0.3) is 0 Å². The molecule has 3 amide bonds. The van der Waals surface area contributed by atoms with Crippen molar-refractivity contribution >= 4 is 29.4 Å². The number of hydrogen-bond acceptors (Lipinski definition) is 5. The van der Waals surface area contributed by atoms with E-state index in [1.54, 1.807) is 49.6 Å². The molecule has 1 fully saturated rings. The van der Waals surface area contributed by atoms with Gasteiger partial charge in [0.2, 0.25) is 11.8 Å². The van der Waals surface area contributed by atoms with Crippen molar-refractivity contribution in [1.29, 1.82) is 0 Å². The number of aliphatic carboxylic acids is 1. The quantitative estimate of drug-likeness (QED) is 0.619. The summed E-state index contributed by atoms with van der Waals surface area (Å²) in [6.45, 7) is 0.192. The summed E-state index contributed by atoms with van der Waals surface area (Å²) >= 11 is 0. The second-order valence-corrected chi connectivity index (χ2v) is 7.20. The zero-order valence-electron chi connectivity index (χ0n) is 17.2. The first-order valence-electron chi connectivity index (χ1n) is 9.96. The Bertz CT molecular complexity index is 958. The van der Waals surface area contributed by atoms with Gasteiger partial charge in [0.05, 0.1) is 25.6 Å². The van der Waals surface area contributed by atoms with Gasteiger partial charge in [0.1, 0.15) is 11.8 Å². The highest BCUT2D eigenvalue weighted by Gasteiger charge is 2.44. The van der Waals surface area contributed by atoms with Crippen molar-refractivity contribution in [3.05, 3.63) is 60.2 Å². The molecular weight excluding hydrogens is 400 g/mol. The van der Waals surface area contributed by atoms with Gasteiger partial charge in [0.15, 0.2) is 0 Å². The lowest BCUT2D eigenvalue weighted by atomic mass is 10.1. The van der Waals surface area contributed by atoms with E-state index in [4.69, 9.17) is 9.84 Å². The molecule has 8 nitrogen and oxygen atoms in total. The van der Waals surface area contributed by atoms with E-state index in [-0.39, 0.29) is 31.7 Å². The molecule has 0 radical (unpaired) electrons. The number of imide groups is 1. The number of methoxy groups -OCH3 is 1. The summed E-state index contributed by atoms with van der Waals surface area (Å²) in [6, 6.07) is 14.9. The smallest absolute Gasteiger partial charge is 0.303 e. The van der Waals surface area contributed by atoms with Crippen LogP contribution in [0.15, 0.2) is 54.6 Å². The van der Waals surface area contributed by atoms with Crippen LogP contribution in [0.1, 0.15) is 24.8 Å². The Morgan fingerprint density at radius 2 is 1.74 bits per heavy atom. The molecule has 1 saturated heterocycles. The van der Waals surface area contributed by atoms with Crippen LogP contribution in [0.3, 0.4) is 0 Å². The number of carbonyl (C=O) groups is 4. The first-order valence-corrected chi connectivity index (χ1v) is 9.96. The molecule has 31 heavy (non-hydrogen) atoms. The first kappa shape index (κ1) is 22.0. The van der Waals surface area contributed by atoms with Gasteiger partial charge in [-0.25, -0.2) is 4.90 Å². The highest BCUT2D eigenvalue weighted by atomic mass is 16.5. The molecular formula is C23H24N2O6. The molecule has 1 N–H and O–H groups in total. The number of nitrogens with zero attached hydrogens (tertiary/aromatic N) is 2. The lowest BCUT2D eigenvalue weighted by Crippen LogP contribution is -2.46. The number of hydrogen-bond donors (Lipinski definition) is 1. The van der Waals surface area contributed by atoms with Crippen molar-refractivity contribution in [3.63, 3.8) is 0 Å². The fourth-order valence-electron chi connectivity index (χ4n) is 3.56. The zero-order valence-corrected chi connectivity index (χ0v) is 17.2. The minimum atomic E-state index is -1.09. The molecule has 0 aromatic heterocycles. The molecule has 0 saturated carbocycles. The summed E-state index contributed by atoms with van der Waals surface area (Å²) in [6.07, 6.45) is -0.252. The lowest BCUT2D eigenvalue weighted by molar-refractivity contribution is -0.143. The van der Waals surface area contributed by atoms with Crippen LogP contribution in [-0.4, -0.2) is 53.4 Å². The maximum Gasteiger partial charge on any atom is 0.303 e. The summed E-state index contributed by atoms with van der Waals surface area (Å²) in [5.74, 6) is -1.72. The number of ether oxygens (including phenoxy) is 1. The van der Waals surface area contributed by atoms with Crippen LogP contribution < -0.4 is 9.64 Å². The van der Waals surface area contributed by atoms with Gasteiger partial charge in [0.25, 0.3) is 5.91 Å². The van der Waals surface area contributed by atoms with Gasteiger partial charge in [-0.05, 0) is 36.2 Å². The molecule has 0 bridgehead atoms. The molecule has 3 rings (SSSR count). The van der Waals surface area contributed by atoms with E-state index in [0.717, 1.165) is 10.5 Å². The lowest BCUT2D eigenvalue weighted by Gasteiger charge is -2.27. The SMILES string of the molecule is COc1ccc(CCN(C(=O)CCC(=O)O)[C@@H]2CC(=O)N(c3ccccc3)C2=O)cc1. The fourth-order valence-corrected chi connectivity index (χ4v) is 3.56. The molecule has 0 aliphatic carbocycles. The Morgan fingerprint density at radius 1 is 1.06 bits per heavy atom. The van der Waals surface area contributed by atoms with Crippen LogP contribution in [0.4, 0.5) is 5.69 Å². The van der Waals surface area contributed by atoms with Crippen LogP contribution in [-0.2, 0) is 25.6 Å². The number of amides is 3. The molecule has 2 aromatic rings. The van der Waals surface area contributed by atoms with Crippen molar-refractivity contribution in [2.45, 2.75) is 31.7 Å². The largest absolute Gasteiger partial charge is 0.497 e. The molecule has 8 heteroatoms. The van der Waals surface area contributed by atoms with Gasteiger partial charge in [-0.2, -0.15) is 0 Å². The van der Waals surface area contributed by atoms with Gasteiger partial charge < -0.3 is 14.7 Å². The normalized spacial score (nSPS) is 15.8. The number of para-hydroxylation sites is 1. The summed E-state index contributed by atoms with van der Waals surface area (Å²) in [5, 5.41) is 8.94. The Hall–Kier alpha value is -3.68. The average molecular weight is 424 g/mol.